The van der Waals surface area contributed by atoms with Crippen LogP contribution in [0.4, 0.5) is 0 Å². The molecule has 1 rings (SSSR count). The standard InChI is InChI=1S/C13H16O4/c1-9(8-14)10-4-3-5-12(17-2)11(10)6-7-13(15)16/h3-7,9,14H,8H2,1-2H3,(H,15,16)/b7-6+. The predicted octanol–water partition coefficient (Wildman–Crippen LogP) is 1.89. The Morgan fingerprint density at radius 1 is 1.53 bits per heavy atom. The maximum absolute atomic E-state index is 10.5. The smallest absolute Gasteiger partial charge is 0.328 e. The van der Waals surface area contributed by atoms with Gasteiger partial charge in [0, 0.05) is 24.2 Å². The Labute approximate surface area is 100 Å². The van der Waals surface area contributed by atoms with Crippen LogP contribution in [0.15, 0.2) is 24.3 Å². The molecule has 2 N–H and O–H groups in total. The molecule has 0 saturated carbocycles. The first-order valence-electron chi connectivity index (χ1n) is 5.29. The van der Waals surface area contributed by atoms with Crippen molar-refractivity contribution in [1.82, 2.24) is 0 Å². The van der Waals surface area contributed by atoms with Crippen molar-refractivity contribution in [3.63, 3.8) is 0 Å². The van der Waals surface area contributed by atoms with E-state index in [0.29, 0.717) is 11.3 Å². The molecule has 4 nitrogen and oxygen atoms in total. The average Bonchev–Trinajstić information content (AvgIpc) is 2.34. The van der Waals surface area contributed by atoms with Crippen LogP contribution in [0.2, 0.25) is 0 Å². The van der Waals surface area contributed by atoms with Crippen LogP contribution in [0.3, 0.4) is 0 Å². The molecule has 0 aliphatic carbocycles. The maximum atomic E-state index is 10.5. The largest absolute Gasteiger partial charge is 0.496 e. The zero-order valence-electron chi connectivity index (χ0n) is 9.88. The second-order valence-electron chi connectivity index (χ2n) is 3.72. The molecule has 0 fully saturated rings. The summed E-state index contributed by atoms with van der Waals surface area (Å²) in [4.78, 5) is 10.5. The molecule has 92 valence electrons. The molecule has 0 aliphatic heterocycles. The lowest BCUT2D eigenvalue weighted by Gasteiger charge is -2.15. The summed E-state index contributed by atoms with van der Waals surface area (Å²) in [6, 6.07) is 5.43. The fourth-order valence-corrected chi connectivity index (χ4v) is 1.60. The first-order chi connectivity index (χ1) is 8.10. The van der Waals surface area contributed by atoms with Crippen molar-refractivity contribution in [3.05, 3.63) is 35.4 Å². The molecule has 0 radical (unpaired) electrons. The minimum absolute atomic E-state index is 0.00107. The van der Waals surface area contributed by atoms with Crippen LogP contribution in [-0.4, -0.2) is 29.9 Å². The number of carboxylic acids is 1. The van der Waals surface area contributed by atoms with E-state index in [1.54, 1.807) is 6.07 Å². The van der Waals surface area contributed by atoms with E-state index in [0.717, 1.165) is 11.6 Å². The van der Waals surface area contributed by atoms with Crippen LogP contribution < -0.4 is 4.74 Å². The van der Waals surface area contributed by atoms with E-state index >= 15 is 0 Å². The van der Waals surface area contributed by atoms with Gasteiger partial charge in [-0.25, -0.2) is 4.79 Å². The van der Waals surface area contributed by atoms with Crippen LogP contribution in [-0.2, 0) is 4.79 Å². The summed E-state index contributed by atoms with van der Waals surface area (Å²) < 4.78 is 5.19. The minimum Gasteiger partial charge on any atom is -0.496 e. The Balaban J connectivity index is 3.25. The van der Waals surface area contributed by atoms with Gasteiger partial charge in [-0.1, -0.05) is 19.1 Å². The van der Waals surface area contributed by atoms with Crippen LogP contribution >= 0.6 is 0 Å². The molecule has 0 bridgehead atoms. The molecule has 1 unspecified atom stereocenters. The highest BCUT2D eigenvalue weighted by Crippen LogP contribution is 2.29. The summed E-state index contributed by atoms with van der Waals surface area (Å²) in [5.41, 5.74) is 1.56. The van der Waals surface area contributed by atoms with Crippen molar-refractivity contribution in [2.75, 3.05) is 13.7 Å². The number of aliphatic hydroxyl groups is 1. The summed E-state index contributed by atoms with van der Waals surface area (Å²) in [5, 5.41) is 17.8. The Morgan fingerprint density at radius 2 is 2.24 bits per heavy atom. The lowest BCUT2D eigenvalue weighted by Crippen LogP contribution is -2.03. The van der Waals surface area contributed by atoms with Gasteiger partial charge in [0.15, 0.2) is 0 Å². The van der Waals surface area contributed by atoms with Gasteiger partial charge in [0.25, 0.3) is 0 Å². The van der Waals surface area contributed by atoms with Gasteiger partial charge in [-0.3, -0.25) is 0 Å². The molecular weight excluding hydrogens is 220 g/mol. The number of ether oxygens (including phenoxy) is 1. The molecule has 0 aliphatic rings. The first kappa shape index (κ1) is 13.3. The Bertz CT molecular complexity index is 423. The number of carboxylic acid groups (broad SMARTS) is 1. The molecule has 0 spiro atoms. The zero-order valence-corrected chi connectivity index (χ0v) is 9.88. The second kappa shape index (κ2) is 6.06. The molecule has 0 aromatic heterocycles. The van der Waals surface area contributed by atoms with E-state index in [2.05, 4.69) is 0 Å². The van der Waals surface area contributed by atoms with Gasteiger partial charge in [0.1, 0.15) is 5.75 Å². The fourth-order valence-electron chi connectivity index (χ4n) is 1.60. The van der Waals surface area contributed by atoms with E-state index in [4.69, 9.17) is 9.84 Å². The van der Waals surface area contributed by atoms with Crippen molar-refractivity contribution in [2.45, 2.75) is 12.8 Å². The third kappa shape index (κ3) is 3.32. The van der Waals surface area contributed by atoms with Crippen LogP contribution in [0.25, 0.3) is 6.08 Å². The molecule has 1 atom stereocenters. The Hall–Kier alpha value is -1.81. The molecule has 1 aromatic rings. The van der Waals surface area contributed by atoms with Gasteiger partial charge in [-0.15, -0.1) is 0 Å². The highest BCUT2D eigenvalue weighted by molar-refractivity contribution is 5.86. The fraction of sp³-hybridized carbons (Fsp3) is 0.308. The summed E-state index contributed by atoms with van der Waals surface area (Å²) in [7, 11) is 1.53. The summed E-state index contributed by atoms with van der Waals surface area (Å²) in [6.45, 7) is 1.87. The van der Waals surface area contributed by atoms with Crippen molar-refractivity contribution in [2.24, 2.45) is 0 Å². The number of rotatable bonds is 5. The minimum atomic E-state index is -1.02. The number of hydrogen-bond donors (Lipinski definition) is 2. The monoisotopic (exact) mass is 236 g/mol. The molecular formula is C13H16O4. The average molecular weight is 236 g/mol. The quantitative estimate of drug-likeness (QED) is 0.766. The van der Waals surface area contributed by atoms with Gasteiger partial charge >= 0.3 is 5.97 Å². The molecule has 0 saturated heterocycles. The topological polar surface area (TPSA) is 66.8 Å². The molecule has 4 heteroatoms. The third-order valence-electron chi connectivity index (χ3n) is 2.52. The first-order valence-corrected chi connectivity index (χ1v) is 5.29. The van der Waals surface area contributed by atoms with E-state index in [1.165, 1.54) is 13.2 Å². The van der Waals surface area contributed by atoms with Crippen LogP contribution in [0.1, 0.15) is 24.0 Å². The summed E-state index contributed by atoms with van der Waals surface area (Å²) in [6.07, 6.45) is 2.55. The zero-order chi connectivity index (χ0) is 12.8. The number of benzene rings is 1. The molecule has 17 heavy (non-hydrogen) atoms. The van der Waals surface area contributed by atoms with E-state index in [9.17, 15) is 9.90 Å². The summed E-state index contributed by atoms with van der Waals surface area (Å²) in [5.74, 6) is -0.489. The van der Waals surface area contributed by atoms with Gasteiger partial charge in [0.2, 0.25) is 0 Å². The lowest BCUT2D eigenvalue weighted by molar-refractivity contribution is -0.131. The second-order valence-corrected chi connectivity index (χ2v) is 3.72. The van der Waals surface area contributed by atoms with E-state index in [1.807, 2.05) is 19.1 Å². The van der Waals surface area contributed by atoms with E-state index < -0.39 is 5.97 Å². The Morgan fingerprint density at radius 3 is 2.76 bits per heavy atom. The van der Waals surface area contributed by atoms with Gasteiger partial charge in [0.05, 0.1) is 7.11 Å². The molecule has 0 heterocycles. The number of methoxy groups -OCH3 is 1. The molecule has 1 aromatic carbocycles. The van der Waals surface area contributed by atoms with Crippen LogP contribution in [0.5, 0.6) is 5.75 Å². The van der Waals surface area contributed by atoms with Gasteiger partial charge in [-0.05, 0) is 17.7 Å². The summed E-state index contributed by atoms with van der Waals surface area (Å²) >= 11 is 0. The number of aliphatic carboxylic acids is 1. The number of carbonyl (C=O) groups is 1. The lowest BCUT2D eigenvalue weighted by atomic mass is 9.95. The normalized spacial score (nSPS) is 12.6. The number of hydrogen-bond acceptors (Lipinski definition) is 3. The predicted molar refractivity (Wildman–Crippen MR) is 65.2 cm³/mol. The highest BCUT2D eigenvalue weighted by atomic mass is 16.5. The van der Waals surface area contributed by atoms with Gasteiger partial charge < -0.3 is 14.9 Å². The van der Waals surface area contributed by atoms with E-state index in [-0.39, 0.29) is 12.5 Å². The third-order valence-corrected chi connectivity index (χ3v) is 2.52. The Kier molecular flexibility index (Phi) is 4.72. The maximum Gasteiger partial charge on any atom is 0.328 e. The van der Waals surface area contributed by atoms with Gasteiger partial charge in [-0.2, -0.15) is 0 Å². The molecule has 0 amide bonds. The number of aliphatic hydroxyl groups excluding tert-OH is 1. The van der Waals surface area contributed by atoms with Crippen molar-refractivity contribution >= 4 is 12.0 Å². The van der Waals surface area contributed by atoms with Crippen molar-refractivity contribution < 1.29 is 19.7 Å². The van der Waals surface area contributed by atoms with Crippen molar-refractivity contribution in [3.8, 4) is 5.75 Å². The highest BCUT2D eigenvalue weighted by Gasteiger charge is 2.12. The van der Waals surface area contributed by atoms with Crippen molar-refractivity contribution in [1.29, 1.82) is 0 Å². The SMILES string of the molecule is COc1cccc(C(C)CO)c1/C=C/C(=O)O. The van der Waals surface area contributed by atoms with Crippen LogP contribution in [0, 0.1) is 0 Å².